The fraction of sp³-hybridized carbons (Fsp3) is 0.594. The Bertz CT molecular complexity index is 1080. The summed E-state index contributed by atoms with van der Waals surface area (Å²) in [7, 11) is 0. The molecule has 2 aliphatic carbocycles. The molecule has 1 amide bonds. The molecule has 0 aliphatic heterocycles. The number of hydrogen-bond acceptors (Lipinski definition) is 5. The second-order valence-electron chi connectivity index (χ2n) is 11.2. The summed E-state index contributed by atoms with van der Waals surface area (Å²) in [6, 6.07) is 12.0. The highest BCUT2D eigenvalue weighted by atomic mass is 79.9. The summed E-state index contributed by atoms with van der Waals surface area (Å²) >= 11 is 3.96. The Labute approximate surface area is 242 Å². The lowest BCUT2D eigenvalue weighted by Gasteiger charge is -2.49. The molecule has 0 spiro atoms. The number of benzene rings is 2. The molecule has 0 saturated heterocycles. The quantitative estimate of drug-likeness (QED) is 0.207. The van der Waals surface area contributed by atoms with Gasteiger partial charge in [0.1, 0.15) is 12.4 Å². The number of ether oxygens (including phenoxy) is 2. The summed E-state index contributed by atoms with van der Waals surface area (Å²) in [5.74, 6) is 1.52. The maximum Gasteiger partial charge on any atom is 0.407 e. The zero-order valence-corrected chi connectivity index (χ0v) is 25.2. The van der Waals surface area contributed by atoms with Crippen LogP contribution in [-0.4, -0.2) is 37.0 Å². The minimum absolute atomic E-state index is 0.0602. The number of carbonyl (C=O) groups excluding carboxylic acids is 1. The van der Waals surface area contributed by atoms with Gasteiger partial charge in [-0.1, -0.05) is 56.5 Å². The highest BCUT2D eigenvalue weighted by Gasteiger charge is 2.46. The number of fused-ring (bicyclic) bond motifs is 3. The van der Waals surface area contributed by atoms with Gasteiger partial charge in [0.05, 0.1) is 18.9 Å². The van der Waals surface area contributed by atoms with Gasteiger partial charge in [-0.2, -0.15) is 0 Å². The number of rotatable bonds is 13. The average Bonchev–Trinajstić information content (AvgIpc) is 2.96. The van der Waals surface area contributed by atoms with Crippen molar-refractivity contribution in [1.29, 1.82) is 0 Å². The Morgan fingerprint density at radius 1 is 1.21 bits per heavy atom. The summed E-state index contributed by atoms with van der Waals surface area (Å²) in [5, 5.41) is 16.2. The molecule has 6 nitrogen and oxygen atoms in total. The molecule has 2 aromatic carbocycles. The van der Waals surface area contributed by atoms with Gasteiger partial charge >= 0.3 is 6.09 Å². The Hall–Kier alpha value is -2.25. The minimum atomic E-state index is -0.358. The first kappa shape index (κ1) is 29.7. The summed E-state index contributed by atoms with van der Waals surface area (Å²) in [6.45, 7) is 5.78. The molecular weight excluding hydrogens is 556 g/mol. The Morgan fingerprint density at radius 2 is 2.03 bits per heavy atom. The fourth-order valence-electron chi connectivity index (χ4n) is 6.46. The van der Waals surface area contributed by atoms with Crippen molar-refractivity contribution >= 4 is 27.7 Å². The van der Waals surface area contributed by atoms with E-state index in [9.17, 15) is 9.90 Å². The van der Waals surface area contributed by atoms with Gasteiger partial charge in [-0.05, 0) is 102 Å². The third kappa shape index (κ3) is 7.29. The average molecular weight is 602 g/mol. The van der Waals surface area contributed by atoms with E-state index < -0.39 is 0 Å². The van der Waals surface area contributed by atoms with Gasteiger partial charge in [-0.25, -0.2) is 4.79 Å². The van der Waals surface area contributed by atoms with Crippen molar-refractivity contribution in [2.45, 2.75) is 96.1 Å². The molecule has 214 valence electrons. The van der Waals surface area contributed by atoms with Gasteiger partial charge < -0.3 is 25.2 Å². The molecule has 7 heteroatoms. The molecule has 0 radical (unpaired) electrons. The summed E-state index contributed by atoms with van der Waals surface area (Å²) in [6.07, 6.45) is 10.8. The SMILES string of the molecule is CCCCOc1cc2c(c(Br)c1NC(C)CO)CCC1CCCC[C@@]21CCCNC(=O)OCc1ccccc1. The molecule has 0 heterocycles. The summed E-state index contributed by atoms with van der Waals surface area (Å²) in [5.41, 5.74) is 4.83. The molecule has 4 rings (SSSR count). The molecule has 0 bridgehead atoms. The van der Waals surface area contributed by atoms with Crippen molar-refractivity contribution in [3.8, 4) is 5.75 Å². The second kappa shape index (κ2) is 14.4. The predicted molar refractivity (Wildman–Crippen MR) is 161 cm³/mol. The highest BCUT2D eigenvalue weighted by molar-refractivity contribution is 9.10. The summed E-state index contributed by atoms with van der Waals surface area (Å²) < 4.78 is 12.9. The molecule has 0 aromatic heterocycles. The van der Waals surface area contributed by atoms with Crippen LogP contribution in [0.25, 0.3) is 0 Å². The van der Waals surface area contributed by atoms with Crippen LogP contribution in [0.1, 0.15) is 88.3 Å². The number of anilines is 1. The van der Waals surface area contributed by atoms with Crippen molar-refractivity contribution in [2.24, 2.45) is 5.92 Å². The normalized spacial score (nSPS) is 20.9. The number of aliphatic hydroxyl groups is 1. The number of amides is 1. The Balaban J connectivity index is 1.51. The smallest absolute Gasteiger partial charge is 0.407 e. The lowest BCUT2D eigenvalue weighted by molar-refractivity contribution is 0.133. The van der Waals surface area contributed by atoms with Crippen LogP contribution in [0.3, 0.4) is 0 Å². The first-order valence-electron chi connectivity index (χ1n) is 14.8. The van der Waals surface area contributed by atoms with Crippen LogP contribution in [0.4, 0.5) is 10.5 Å². The molecule has 2 unspecified atom stereocenters. The molecule has 3 N–H and O–H groups in total. The first-order valence-corrected chi connectivity index (χ1v) is 15.6. The number of halogens is 1. The third-order valence-electron chi connectivity index (χ3n) is 8.52. The number of alkyl carbamates (subject to hydrolysis) is 1. The van der Waals surface area contributed by atoms with E-state index >= 15 is 0 Å². The fourth-order valence-corrected chi connectivity index (χ4v) is 7.18. The van der Waals surface area contributed by atoms with E-state index in [0.717, 1.165) is 53.6 Å². The number of hydrogen-bond donors (Lipinski definition) is 3. The third-order valence-corrected chi connectivity index (χ3v) is 9.39. The lowest BCUT2D eigenvalue weighted by atomic mass is 9.55. The zero-order chi connectivity index (χ0) is 27.7. The van der Waals surface area contributed by atoms with E-state index in [1.807, 2.05) is 37.3 Å². The number of nitrogens with one attached hydrogen (secondary N) is 2. The number of aliphatic hydroxyl groups excluding tert-OH is 1. The van der Waals surface area contributed by atoms with Crippen LogP contribution in [0.2, 0.25) is 0 Å². The molecule has 1 fully saturated rings. The number of carbonyl (C=O) groups is 1. The van der Waals surface area contributed by atoms with E-state index in [1.165, 1.54) is 43.2 Å². The maximum absolute atomic E-state index is 12.3. The minimum Gasteiger partial charge on any atom is -0.491 e. The Morgan fingerprint density at radius 3 is 2.79 bits per heavy atom. The van der Waals surface area contributed by atoms with E-state index in [0.29, 0.717) is 19.1 Å². The van der Waals surface area contributed by atoms with Crippen LogP contribution in [0, 0.1) is 5.92 Å². The van der Waals surface area contributed by atoms with Gasteiger partial charge in [0.2, 0.25) is 0 Å². The second-order valence-corrected chi connectivity index (χ2v) is 12.0. The predicted octanol–water partition coefficient (Wildman–Crippen LogP) is 7.50. The van der Waals surface area contributed by atoms with Crippen molar-refractivity contribution < 1.29 is 19.4 Å². The van der Waals surface area contributed by atoms with Crippen LogP contribution < -0.4 is 15.4 Å². The van der Waals surface area contributed by atoms with Gasteiger partial charge in [0.15, 0.2) is 0 Å². The summed E-state index contributed by atoms with van der Waals surface area (Å²) in [4.78, 5) is 12.3. The monoisotopic (exact) mass is 600 g/mol. The lowest BCUT2D eigenvalue weighted by Crippen LogP contribution is -2.43. The van der Waals surface area contributed by atoms with Gasteiger partial charge in [-0.3, -0.25) is 0 Å². The van der Waals surface area contributed by atoms with E-state index in [-0.39, 0.29) is 30.8 Å². The molecule has 3 atom stereocenters. The molecule has 1 saturated carbocycles. The Kier molecular flexibility index (Phi) is 11.0. The zero-order valence-electron chi connectivity index (χ0n) is 23.6. The van der Waals surface area contributed by atoms with Crippen molar-refractivity contribution in [3.05, 3.63) is 57.6 Å². The van der Waals surface area contributed by atoms with Crippen molar-refractivity contribution in [2.75, 3.05) is 25.1 Å². The first-order chi connectivity index (χ1) is 19.0. The molecule has 39 heavy (non-hydrogen) atoms. The van der Waals surface area contributed by atoms with Crippen LogP contribution in [0.5, 0.6) is 5.75 Å². The van der Waals surface area contributed by atoms with E-state index in [1.54, 1.807) is 0 Å². The maximum atomic E-state index is 12.3. The van der Waals surface area contributed by atoms with E-state index in [4.69, 9.17) is 9.47 Å². The van der Waals surface area contributed by atoms with Gasteiger partial charge in [-0.15, -0.1) is 0 Å². The molecule has 2 aromatic rings. The van der Waals surface area contributed by atoms with Crippen molar-refractivity contribution in [3.63, 3.8) is 0 Å². The largest absolute Gasteiger partial charge is 0.491 e. The topological polar surface area (TPSA) is 79.8 Å². The molecule has 2 aliphatic rings. The van der Waals surface area contributed by atoms with Crippen LogP contribution in [0.15, 0.2) is 40.9 Å². The van der Waals surface area contributed by atoms with Gasteiger partial charge in [0.25, 0.3) is 0 Å². The van der Waals surface area contributed by atoms with Gasteiger partial charge in [0, 0.05) is 17.1 Å². The molecular formula is C32H45BrN2O4. The van der Waals surface area contributed by atoms with Crippen molar-refractivity contribution in [1.82, 2.24) is 5.32 Å². The standard InChI is InChI=1S/C32H45BrN2O4/c1-3-4-19-38-28-20-27-26(29(33)30(28)35-23(2)21-36)15-14-25-13-8-9-16-32(25,27)17-10-18-34-31(37)39-22-24-11-6-5-7-12-24/h5-7,11-12,20,23,25,35-36H,3-4,8-10,13-19,21-22H2,1-2H3,(H,34,37)/t23?,25?,32-/m0/s1. The van der Waals surface area contributed by atoms with Crippen LogP contribution >= 0.6 is 15.9 Å². The van der Waals surface area contributed by atoms with Crippen LogP contribution in [-0.2, 0) is 23.2 Å². The van der Waals surface area contributed by atoms with E-state index in [2.05, 4.69) is 39.6 Å². The highest BCUT2D eigenvalue weighted by Crippen LogP contribution is 2.56. The number of unbranched alkanes of at least 4 members (excludes halogenated alkanes) is 1.